The molecular formula is C16H25FN2O. The molecule has 1 atom stereocenters. The minimum Gasteiger partial charge on any atom is -0.496 e. The van der Waals surface area contributed by atoms with Crippen LogP contribution in [0.2, 0.25) is 0 Å². The van der Waals surface area contributed by atoms with E-state index in [1.807, 2.05) is 0 Å². The standard InChI is InChI=1S/C16H25FN2O/c1-3-4-5-6-9-19-11-12-15(20-2)8-7-13(17)16(12)14(19)10-18/h7-8,14H,3-6,9-11,18H2,1-2H3. The van der Waals surface area contributed by atoms with Crippen LogP contribution < -0.4 is 10.5 Å². The van der Waals surface area contributed by atoms with Gasteiger partial charge in [0.2, 0.25) is 0 Å². The second-order valence-electron chi connectivity index (χ2n) is 5.42. The summed E-state index contributed by atoms with van der Waals surface area (Å²) in [5, 5.41) is 0. The van der Waals surface area contributed by atoms with Crippen LogP contribution in [0.5, 0.6) is 5.75 Å². The molecule has 0 aliphatic carbocycles. The molecule has 1 aromatic rings. The third kappa shape index (κ3) is 2.96. The lowest BCUT2D eigenvalue weighted by molar-refractivity contribution is 0.212. The van der Waals surface area contributed by atoms with E-state index >= 15 is 0 Å². The lowest BCUT2D eigenvalue weighted by atomic mass is 10.0. The third-order valence-corrected chi connectivity index (χ3v) is 4.14. The first-order valence-corrected chi connectivity index (χ1v) is 7.52. The summed E-state index contributed by atoms with van der Waals surface area (Å²) in [5.74, 6) is 0.614. The summed E-state index contributed by atoms with van der Waals surface area (Å²) in [6.07, 6.45) is 4.84. The van der Waals surface area contributed by atoms with Gasteiger partial charge in [0.1, 0.15) is 11.6 Å². The highest BCUT2D eigenvalue weighted by Gasteiger charge is 2.33. The molecule has 0 radical (unpaired) electrons. The first-order chi connectivity index (χ1) is 9.72. The molecule has 0 spiro atoms. The van der Waals surface area contributed by atoms with E-state index in [0.29, 0.717) is 6.54 Å². The van der Waals surface area contributed by atoms with Crippen molar-refractivity contribution in [3.05, 3.63) is 29.1 Å². The number of methoxy groups -OCH3 is 1. The Labute approximate surface area is 120 Å². The average molecular weight is 280 g/mol. The highest BCUT2D eigenvalue weighted by molar-refractivity contribution is 5.45. The van der Waals surface area contributed by atoms with E-state index in [9.17, 15) is 4.39 Å². The predicted molar refractivity (Wildman–Crippen MR) is 79.3 cm³/mol. The van der Waals surface area contributed by atoms with Gasteiger partial charge >= 0.3 is 0 Å². The molecule has 1 aliphatic rings. The summed E-state index contributed by atoms with van der Waals surface area (Å²) in [7, 11) is 1.63. The number of rotatable bonds is 7. The second kappa shape index (κ2) is 7.04. The van der Waals surface area contributed by atoms with Gasteiger partial charge in [-0.25, -0.2) is 4.39 Å². The second-order valence-corrected chi connectivity index (χ2v) is 5.42. The van der Waals surface area contributed by atoms with Crippen molar-refractivity contribution in [2.75, 3.05) is 20.2 Å². The van der Waals surface area contributed by atoms with Crippen molar-refractivity contribution < 1.29 is 9.13 Å². The van der Waals surface area contributed by atoms with Crippen LogP contribution in [0, 0.1) is 5.82 Å². The molecule has 2 N–H and O–H groups in total. The molecule has 1 unspecified atom stereocenters. The molecule has 3 nitrogen and oxygen atoms in total. The van der Waals surface area contributed by atoms with Crippen LogP contribution in [0.1, 0.15) is 49.8 Å². The molecule has 4 heteroatoms. The van der Waals surface area contributed by atoms with Crippen LogP contribution in [0.25, 0.3) is 0 Å². The molecule has 1 aliphatic heterocycles. The molecular weight excluding hydrogens is 255 g/mol. The smallest absolute Gasteiger partial charge is 0.128 e. The molecule has 0 bridgehead atoms. The van der Waals surface area contributed by atoms with Crippen molar-refractivity contribution in [1.82, 2.24) is 4.90 Å². The monoisotopic (exact) mass is 280 g/mol. The van der Waals surface area contributed by atoms with Gasteiger partial charge < -0.3 is 10.5 Å². The topological polar surface area (TPSA) is 38.5 Å². The quantitative estimate of drug-likeness (QED) is 0.779. The van der Waals surface area contributed by atoms with E-state index in [-0.39, 0.29) is 11.9 Å². The highest BCUT2D eigenvalue weighted by Crippen LogP contribution is 2.39. The summed E-state index contributed by atoms with van der Waals surface area (Å²) in [4.78, 5) is 2.28. The van der Waals surface area contributed by atoms with Gasteiger partial charge in [0, 0.05) is 24.2 Å². The predicted octanol–water partition coefficient (Wildman–Crippen LogP) is 3.23. The fourth-order valence-corrected chi connectivity index (χ4v) is 3.07. The van der Waals surface area contributed by atoms with Gasteiger partial charge in [-0.05, 0) is 25.1 Å². The molecule has 112 valence electrons. The molecule has 0 saturated carbocycles. The molecule has 2 rings (SSSR count). The number of halogens is 1. The van der Waals surface area contributed by atoms with E-state index in [1.165, 1.54) is 25.3 Å². The van der Waals surface area contributed by atoms with Crippen molar-refractivity contribution in [2.24, 2.45) is 5.73 Å². The molecule has 0 fully saturated rings. The van der Waals surface area contributed by atoms with Gasteiger partial charge in [0.05, 0.1) is 13.2 Å². The van der Waals surface area contributed by atoms with Crippen LogP contribution in [-0.2, 0) is 6.54 Å². The van der Waals surface area contributed by atoms with Gasteiger partial charge in [-0.3, -0.25) is 4.90 Å². The van der Waals surface area contributed by atoms with E-state index < -0.39 is 0 Å². The van der Waals surface area contributed by atoms with Gasteiger partial charge in [0.15, 0.2) is 0 Å². The number of benzene rings is 1. The average Bonchev–Trinajstić information content (AvgIpc) is 2.83. The van der Waals surface area contributed by atoms with Crippen molar-refractivity contribution in [3.63, 3.8) is 0 Å². The van der Waals surface area contributed by atoms with Gasteiger partial charge in [-0.2, -0.15) is 0 Å². The van der Waals surface area contributed by atoms with Gasteiger partial charge in [0.25, 0.3) is 0 Å². The number of nitrogens with zero attached hydrogens (tertiary/aromatic N) is 1. The zero-order valence-corrected chi connectivity index (χ0v) is 12.5. The Morgan fingerprint density at radius 1 is 1.35 bits per heavy atom. The molecule has 20 heavy (non-hydrogen) atoms. The van der Waals surface area contributed by atoms with Crippen molar-refractivity contribution in [1.29, 1.82) is 0 Å². The Bertz CT molecular complexity index is 450. The summed E-state index contributed by atoms with van der Waals surface area (Å²) in [6, 6.07) is 3.19. The van der Waals surface area contributed by atoms with Crippen LogP contribution in [0.4, 0.5) is 4.39 Å². The molecule has 0 aromatic heterocycles. The minimum absolute atomic E-state index is 0.0123. The summed E-state index contributed by atoms with van der Waals surface area (Å²) in [5.41, 5.74) is 7.59. The van der Waals surface area contributed by atoms with Crippen molar-refractivity contribution >= 4 is 0 Å². The summed E-state index contributed by atoms with van der Waals surface area (Å²) < 4.78 is 19.5. The molecule has 0 saturated heterocycles. The van der Waals surface area contributed by atoms with E-state index in [4.69, 9.17) is 10.5 Å². The Morgan fingerprint density at radius 2 is 2.15 bits per heavy atom. The summed E-state index contributed by atoms with van der Waals surface area (Å²) in [6.45, 7) is 4.36. The van der Waals surface area contributed by atoms with Crippen LogP contribution >= 0.6 is 0 Å². The summed E-state index contributed by atoms with van der Waals surface area (Å²) >= 11 is 0. The van der Waals surface area contributed by atoms with E-state index in [0.717, 1.165) is 36.4 Å². The fourth-order valence-electron chi connectivity index (χ4n) is 3.07. The zero-order chi connectivity index (χ0) is 14.5. The van der Waals surface area contributed by atoms with Gasteiger partial charge in [-0.1, -0.05) is 26.2 Å². The SMILES string of the molecule is CCCCCCN1Cc2c(OC)ccc(F)c2C1CN. The lowest BCUT2D eigenvalue weighted by Gasteiger charge is -2.23. The van der Waals surface area contributed by atoms with Crippen LogP contribution in [-0.4, -0.2) is 25.1 Å². The third-order valence-electron chi connectivity index (χ3n) is 4.14. The minimum atomic E-state index is -0.160. The number of nitrogens with two attached hydrogens (primary N) is 1. The van der Waals surface area contributed by atoms with E-state index in [2.05, 4.69) is 11.8 Å². The maximum atomic E-state index is 14.1. The number of unbranched alkanes of at least 4 members (excludes halogenated alkanes) is 3. The normalized spacial score (nSPS) is 18.3. The highest BCUT2D eigenvalue weighted by atomic mass is 19.1. The Balaban J connectivity index is 2.14. The number of hydrogen-bond donors (Lipinski definition) is 1. The maximum Gasteiger partial charge on any atom is 0.128 e. The van der Waals surface area contributed by atoms with Crippen molar-refractivity contribution in [3.8, 4) is 5.75 Å². The number of ether oxygens (including phenoxy) is 1. The van der Waals surface area contributed by atoms with Crippen LogP contribution in [0.15, 0.2) is 12.1 Å². The van der Waals surface area contributed by atoms with Crippen molar-refractivity contribution in [2.45, 2.75) is 45.2 Å². The zero-order valence-electron chi connectivity index (χ0n) is 12.5. The fraction of sp³-hybridized carbons (Fsp3) is 0.625. The Hall–Kier alpha value is -1.13. The van der Waals surface area contributed by atoms with E-state index in [1.54, 1.807) is 13.2 Å². The van der Waals surface area contributed by atoms with Crippen LogP contribution in [0.3, 0.4) is 0 Å². The molecule has 0 amide bonds. The molecule has 1 heterocycles. The first-order valence-electron chi connectivity index (χ1n) is 7.52. The number of hydrogen-bond acceptors (Lipinski definition) is 3. The lowest BCUT2D eigenvalue weighted by Crippen LogP contribution is -2.29. The van der Waals surface area contributed by atoms with Gasteiger partial charge in [-0.15, -0.1) is 0 Å². The first kappa shape index (κ1) is 15.3. The molecule has 1 aromatic carbocycles. The Kier molecular flexibility index (Phi) is 5.38. The Morgan fingerprint density at radius 3 is 2.80 bits per heavy atom. The number of fused-ring (bicyclic) bond motifs is 1. The largest absolute Gasteiger partial charge is 0.496 e. The maximum absolute atomic E-state index is 14.1.